The van der Waals surface area contributed by atoms with Crippen molar-refractivity contribution in [3.8, 4) is 11.5 Å². The average Bonchev–Trinajstić information content (AvgIpc) is 2.55. The zero-order chi connectivity index (χ0) is 16.2. The Morgan fingerprint density at radius 3 is 2.43 bits per heavy atom. The summed E-state index contributed by atoms with van der Waals surface area (Å²) in [7, 11) is 0. The number of rotatable bonds is 4. The van der Waals surface area contributed by atoms with Crippen LogP contribution >= 0.6 is 0 Å². The molecule has 0 atom stereocenters. The van der Waals surface area contributed by atoms with Gasteiger partial charge in [-0.2, -0.15) is 0 Å². The fourth-order valence-corrected chi connectivity index (χ4v) is 2.30. The summed E-state index contributed by atoms with van der Waals surface area (Å²) in [6.45, 7) is 0.700. The maximum absolute atomic E-state index is 12.1. The fraction of sp³-hybridized carbons (Fsp3) is 0.188. The Labute approximate surface area is 132 Å². The van der Waals surface area contributed by atoms with E-state index in [0.717, 1.165) is 5.56 Å². The first-order chi connectivity index (χ1) is 11.1. The summed E-state index contributed by atoms with van der Waals surface area (Å²) in [4.78, 5) is 22.8. The lowest BCUT2D eigenvalue weighted by Gasteiger charge is -2.19. The first kappa shape index (κ1) is 14.8. The summed E-state index contributed by atoms with van der Waals surface area (Å²) in [5, 5.41) is 13.8. The minimum absolute atomic E-state index is 0.0974. The molecule has 1 heterocycles. The number of ether oxygens (including phenoxy) is 2. The van der Waals surface area contributed by atoms with Crippen molar-refractivity contribution in [2.45, 2.75) is 6.42 Å². The summed E-state index contributed by atoms with van der Waals surface area (Å²) in [5.74, 6) is 0.358. The van der Waals surface area contributed by atoms with Crippen molar-refractivity contribution in [3.05, 3.63) is 58.1 Å². The fourth-order valence-electron chi connectivity index (χ4n) is 2.30. The largest absolute Gasteiger partial charge is 0.486 e. The molecule has 7 heteroatoms. The molecule has 0 bridgehead atoms. The highest BCUT2D eigenvalue weighted by atomic mass is 16.6. The Hall–Kier alpha value is -3.09. The number of hydrogen-bond acceptors (Lipinski definition) is 5. The molecule has 23 heavy (non-hydrogen) atoms. The maximum Gasteiger partial charge on any atom is 0.296 e. The number of nitro benzene ring substituents is 1. The van der Waals surface area contributed by atoms with E-state index >= 15 is 0 Å². The van der Waals surface area contributed by atoms with Gasteiger partial charge in [-0.15, -0.1) is 0 Å². The van der Waals surface area contributed by atoms with Crippen LogP contribution in [0.15, 0.2) is 42.5 Å². The van der Waals surface area contributed by atoms with Gasteiger partial charge >= 0.3 is 0 Å². The van der Waals surface area contributed by atoms with Crippen LogP contribution in [0.4, 0.5) is 11.4 Å². The molecule has 118 valence electrons. The molecule has 2 aromatic rings. The molecular formula is C16H14N2O5. The van der Waals surface area contributed by atoms with Crippen molar-refractivity contribution in [2.75, 3.05) is 18.5 Å². The number of nitrogens with one attached hydrogen (secondary N) is 1. The molecular weight excluding hydrogens is 300 g/mol. The zero-order valence-electron chi connectivity index (χ0n) is 12.2. The van der Waals surface area contributed by atoms with Gasteiger partial charge in [0.2, 0.25) is 5.91 Å². The highest BCUT2D eigenvalue weighted by molar-refractivity contribution is 5.95. The molecule has 3 rings (SSSR count). The van der Waals surface area contributed by atoms with Crippen LogP contribution in [0.1, 0.15) is 5.56 Å². The molecule has 0 unspecified atom stereocenters. The van der Waals surface area contributed by atoms with Crippen LogP contribution in [0, 0.1) is 10.1 Å². The zero-order valence-corrected chi connectivity index (χ0v) is 12.2. The summed E-state index contributed by atoms with van der Waals surface area (Å²) in [5.41, 5.74) is 0.695. The van der Waals surface area contributed by atoms with E-state index in [2.05, 4.69) is 5.32 Å². The second-order valence-corrected chi connectivity index (χ2v) is 4.98. The van der Waals surface area contributed by atoms with Gasteiger partial charge < -0.3 is 14.8 Å². The van der Waals surface area contributed by atoms with E-state index in [1.54, 1.807) is 0 Å². The van der Waals surface area contributed by atoms with Crippen molar-refractivity contribution in [1.82, 2.24) is 0 Å². The lowest BCUT2D eigenvalue weighted by atomic mass is 10.1. The second kappa shape index (κ2) is 6.35. The highest BCUT2D eigenvalue weighted by Crippen LogP contribution is 2.39. The number of anilines is 1. The van der Waals surface area contributed by atoms with Gasteiger partial charge in [-0.1, -0.05) is 30.3 Å². The third-order valence-electron chi connectivity index (χ3n) is 3.34. The molecule has 1 N–H and O–H groups in total. The van der Waals surface area contributed by atoms with E-state index in [9.17, 15) is 14.9 Å². The minimum Gasteiger partial charge on any atom is -0.486 e. The molecule has 1 amide bonds. The van der Waals surface area contributed by atoms with Gasteiger partial charge in [0, 0.05) is 6.07 Å². The van der Waals surface area contributed by atoms with Crippen molar-refractivity contribution in [3.63, 3.8) is 0 Å². The Bertz CT molecular complexity index is 746. The van der Waals surface area contributed by atoms with E-state index in [-0.39, 0.29) is 23.7 Å². The number of fused-ring (bicyclic) bond motifs is 1. The lowest BCUT2D eigenvalue weighted by Crippen LogP contribution is -2.18. The topological polar surface area (TPSA) is 90.7 Å². The Balaban J connectivity index is 1.83. The summed E-state index contributed by atoms with van der Waals surface area (Å²) in [6, 6.07) is 11.8. The van der Waals surface area contributed by atoms with E-state index in [1.165, 1.54) is 12.1 Å². The van der Waals surface area contributed by atoms with Gasteiger partial charge in [-0.25, -0.2) is 0 Å². The van der Waals surface area contributed by atoms with E-state index in [1.807, 2.05) is 30.3 Å². The highest BCUT2D eigenvalue weighted by Gasteiger charge is 2.23. The number of carbonyl (C=O) groups is 1. The van der Waals surface area contributed by atoms with E-state index < -0.39 is 4.92 Å². The SMILES string of the molecule is O=C(Cc1ccccc1)Nc1cc2c(cc1[N+](=O)[O-])OCCO2. The molecule has 0 saturated carbocycles. The predicted octanol–water partition coefficient (Wildman–Crippen LogP) is 2.55. The van der Waals surface area contributed by atoms with Crippen LogP contribution in [0.3, 0.4) is 0 Å². The first-order valence-electron chi connectivity index (χ1n) is 7.05. The van der Waals surface area contributed by atoms with Crippen molar-refractivity contribution in [2.24, 2.45) is 0 Å². The first-order valence-corrected chi connectivity index (χ1v) is 7.05. The molecule has 0 spiro atoms. The van der Waals surface area contributed by atoms with Gasteiger partial charge in [-0.3, -0.25) is 14.9 Å². The van der Waals surface area contributed by atoms with Gasteiger partial charge in [0.1, 0.15) is 18.9 Å². The summed E-state index contributed by atoms with van der Waals surface area (Å²) in [6.07, 6.45) is 0.131. The quantitative estimate of drug-likeness (QED) is 0.692. The van der Waals surface area contributed by atoms with Gasteiger partial charge in [-0.05, 0) is 5.56 Å². The Morgan fingerprint density at radius 2 is 1.78 bits per heavy atom. The Kier molecular flexibility index (Phi) is 4.09. The average molecular weight is 314 g/mol. The van der Waals surface area contributed by atoms with Crippen LogP contribution < -0.4 is 14.8 Å². The van der Waals surface area contributed by atoms with Crippen LogP contribution in [0.5, 0.6) is 11.5 Å². The lowest BCUT2D eigenvalue weighted by molar-refractivity contribution is -0.384. The third-order valence-corrected chi connectivity index (χ3v) is 3.34. The number of hydrogen-bond donors (Lipinski definition) is 1. The third kappa shape index (κ3) is 3.39. The molecule has 2 aromatic carbocycles. The smallest absolute Gasteiger partial charge is 0.296 e. The number of nitrogens with zero attached hydrogens (tertiary/aromatic N) is 1. The predicted molar refractivity (Wildman–Crippen MR) is 82.9 cm³/mol. The molecule has 0 aliphatic carbocycles. The number of carbonyl (C=O) groups excluding carboxylic acids is 1. The van der Waals surface area contributed by atoms with Crippen molar-refractivity contribution in [1.29, 1.82) is 0 Å². The molecule has 7 nitrogen and oxygen atoms in total. The number of benzene rings is 2. The molecule has 0 radical (unpaired) electrons. The van der Waals surface area contributed by atoms with E-state index in [0.29, 0.717) is 24.7 Å². The van der Waals surface area contributed by atoms with Gasteiger partial charge in [0.05, 0.1) is 17.4 Å². The Morgan fingerprint density at radius 1 is 1.13 bits per heavy atom. The summed E-state index contributed by atoms with van der Waals surface area (Å²) >= 11 is 0. The summed E-state index contributed by atoms with van der Waals surface area (Å²) < 4.78 is 10.7. The normalized spacial score (nSPS) is 12.5. The molecule has 1 aliphatic heterocycles. The van der Waals surface area contributed by atoms with Crippen LogP contribution in [-0.4, -0.2) is 24.0 Å². The van der Waals surface area contributed by atoms with Gasteiger partial charge in [0.15, 0.2) is 11.5 Å². The van der Waals surface area contributed by atoms with Gasteiger partial charge in [0.25, 0.3) is 5.69 Å². The molecule has 0 saturated heterocycles. The molecule has 0 aromatic heterocycles. The van der Waals surface area contributed by atoms with E-state index in [4.69, 9.17) is 9.47 Å². The van der Waals surface area contributed by atoms with Crippen molar-refractivity contribution >= 4 is 17.3 Å². The number of nitro groups is 1. The molecule has 1 aliphatic rings. The second-order valence-electron chi connectivity index (χ2n) is 4.98. The van der Waals surface area contributed by atoms with Crippen LogP contribution in [0.2, 0.25) is 0 Å². The molecule has 0 fully saturated rings. The number of amides is 1. The monoisotopic (exact) mass is 314 g/mol. The van der Waals surface area contributed by atoms with Crippen LogP contribution in [-0.2, 0) is 11.2 Å². The maximum atomic E-state index is 12.1. The van der Waals surface area contributed by atoms with Crippen molar-refractivity contribution < 1.29 is 19.2 Å². The minimum atomic E-state index is -0.559. The van der Waals surface area contributed by atoms with Crippen LogP contribution in [0.25, 0.3) is 0 Å². The standard InChI is InChI=1S/C16H14N2O5/c19-16(8-11-4-2-1-3-5-11)17-12-9-14-15(23-7-6-22-14)10-13(12)18(20)21/h1-5,9-10H,6-8H2,(H,17,19).